The van der Waals surface area contributed by atoms with Gasteiger partial charge in [-0.3, -0.25) is 14.6 Å². The molecule has 4 aromatic rings. The number of pyridine rings is 1. The number of primary amides is 1. The first kappa shape index (κ1) is 25.5. The Morgan fingerprint density at radius 3 is 2.63 bits per heavy atom. The van der Waals surface area contributed by atoms with E-state index in [1.165, 1.54) is 4.90 Å². The van der Waals surface area contributed by atoms with Crippen molar-refractivity contribution in [3.8, 4) is 11.1 Å². The van der Waals surface area contributed by atoms with E-state index in [9.17, 15) is 19.1 Å². The molecule has 2 amide bonds. The Labute approximate surface area is 219 Å². The number of nitrogens with zero attached hydrogens (tertiary/aromatic N) is 5. The highest BCUT2D eigenvalue weighted by molar-refractivity contribution is 6.07. The van der Waals surface area contributed by atoms with Crippen LogP contribution in [0.4, 0.5) is 4.39 Å². The number of alkyl halides is 1. The van der Waals surface area contributed by atoms with Gasteiger partial charge >= 0.3 is 0 Å². The van der Waals surface area contributed by atoms with Crippen LogP contribution >= 0.6 is 0 Å². The number of carbonyl (C=O) groups excluding carboxylic acids is 2. The van der Waals surface area contributed by atoms with Crippen LogP contribution in [0.1, 0.15) is 34.0 Å². The van der Waals surface area contributed by atoms with Crippen LogP contribution in [0, 0.1) is 13.8 Å². The van der Waals surface area contributed by atoms with Gasteiger partial charge in [0.15, 0.2) is 0 Å². The standard InChI is InChI=1S/C28H29FN6O3/c1-16-4-3-5-21(33-16)10-26(36)25-9-20(29)13-35(25)27(37)15-34-14-23(28(30)38)22-8-18(6-7-24(22)34)19-11-31-17(2)32-12-19/h3-8,11-12,14,20,25-26,36H,9-10,13,15H2,1-2H3,(H2,30,38)/t20-,25?,26?/m1/s1. The molecule has 1 aromatic carbocycles. The molecule has 0 bridgehead atoms. The van der Waals surface area contributed by atoms with Crippen LogP contribution in [-0.4, -0.2) is 66.2 Å². The van der Waals surface area contributed by atoms with Gasteiger partial charge in [-0.25, -0.2) is 14.4 Å². The van der Waals surface area contributed by atoms with Gasteiger partial charge in [0.1, 0.15) is 18.5 Å². The van der Waals surface area contributed by atoms with Gasteiger partial charge in [-0.1, -0.05) is 12.1 Å². The van der Waals surface area contributed by atoms with Crippen molar-refractivity contribution in [2.75, 3.05) is 6.54 Å². The third kappa shape index (κ3) is 5.12. The van der Waals surface area contributed by atoms with Crippen LogP contribution < -0.4 is 5.73 Å². The zero-order chi connectivity index (χ0) is 27.0. The van der Waals surface area contributed by atoms with Crippen molar-refractivity contribution in [1.29, 1.82) is 0 Å². The van der Waals surface area contributed by atoms with Crippen molar-refractivity contribution >= 4 is 22.7 Å². The maximum Gasteiger partial charge on any atom is 0.250 e. The molecule has 38 heavy (non-hydrogen) atoms. The minimum atomic E-state index is -1.23. The zero-order valence-electron chi connectivity index (χ0n) is 21.2. The van der Waals surface area contributed by atoms with E-state index in [0.717, 1.165) is 16.8 Å². The van der Waals surface area contributed by atoms with Crippen molar-refractivity contribution in [1.82, 2.24) is 24.4 Å². The van der Waals surface area contributed by atoms with E-state index < -0.39 is 24.2 Å². The second-order valence-electron chi connectivity index (χ2n) is 9.77. The van der Waals surface area contributed by atoms with Gasteiger partial charge in [0.05, 0.1) is 24.3 Å². The highest BCUT2D eigenvalue weighted by Crippen LogP contribution is 2.29. The third-order valence-corrected chi connectivity index (χ3v) is 6.99. The Bertz CT molecular complexity index is 1500. The minimum Gasteiger partial charge on any atom is -0.391 e. The molecule has 0 saturated carbocycles. The quantitative estimate of drug-likeness (QED) is 0.389. The number of rotatable bonds is 7. The molecule has 10 heteroatoms. The average Bonchev–Trinajstić information content (AvgIpc) is 3.45. The van der Waals surface area contributed by atoms with Crippen molar-refractivity contribution in [3.05, 3.63) is 77.8 Å². The smallest absolute Gasteiger partial charge is 0.250 e. The van der Waals surface area contributed by atoms with E-state index in [1.54, 1.807) is 36.1 Å². The lowest BCUT2D eigenvalue weighted by Gasteiger charge is -2.28. The van der Waals surface area contributed by atoms with Crippen molar-refractivity contribution in [2.24, 2.45) is 5.73 Å². The molecule has 1 saturated heterocycles. The summed E-state index contributed by atoms with van der Waals surface area (Å²) < 4.78 is 16.1. The molecule has 1 fully saturated rings. The second kappa shape index (κ2) is 10.3. The van der Waals surface area contributed by atoms with Crippen LogP contribution in [-0.2, 0) is 17.8 Å². The number of aryl methyl sites for hydroxylation is 2. The van der Waals surface area contributed by atoms with Crippen molar-refractivity contribution in [3.63, 3.8) is 0 Å². The maximum absolute atomic E-state index is 14.5. The lowest BCUT2D eigenvalue weighted by molar-refractivity contribution is -0.134. The Morgan fingerprint density at radius 2 is 1.92 bits per heavy atom. The fraction of sp³-hybridized carbons (Fsp3) is 0.321. The number of aliphatic hydroxyl groups excluding tert-OH is 1. The van der Waals surface area contributed by atoms with Crippen LogP contribution in [0.15, 0.2) is 55.0 Å². The Hall–Kier alpha value is -4.18. The van der Waals surface area contributed by atoms with Crippen LogP contribution in [0.25, 0.3) is 22.0 Å². The number of amides is 2. The fourth-order valence-electron chi connectivity index (χ4n) is 5.11. The average molecular weight is 517 g/mol. The third-order valence-electron chi connectivity index (χ3n) is 6.99. The number of benzene rings is 1. The lowest BCUT2D eigenvalue weighted by atomic mass is 10.0. The van der Waals surface area contributed by atoms with Gasteiger partial charge in [0.2, 0.25) is 5.91 Å². The summed E-state index contributed by atoms with van der Waals surface area (Å²) in [6, 6.07) is 10.3. The zero-order valence-corrected chi connectivity index (χ0v) is 21.2. The molecule has 196 valence electrons. The number of carbonyl (C=O) groups is 2. The first-order valence-electron chi connectivity index (χ1n) is 12.5. The van der Waals surface area contributed by atoms with Crippen molar-refractivity contribution in [2.45, 2.75) is 51.6 Å². The topological polar surface area (TPSA) is 127 Å². The number of halogens is 1. The summed E-state index contributed by atoms with van der Waals surface area (Å²) >= 11 is 0. The summed E-state index contributed by atoms with van der Waals surface area (Å²) in [5, 5.41) is 11.5. The number of fused-ring (bicyclic) bond motifs is 1. The summed E-state index contributed by atoms with van der Waals surface area (Å²) in [4.78, 5) is 39.9. The van der Waals surface area contributed by atoms with Crippen LogP contribution in [0.5, 0.6) is 0 Å². The normalized spacial score (nSPS) is 18.2. The summed E-state index contributed by atoms with van der Waals surface area (Å²) in [5.41, 5.74) is 9.66. The van der Waals surface area contributed by atoms with Crippen molar-refractivity contribution < 1.29 is 19.1 Å². The maximum atomic E-state index is 14.5. The first-order chi connectivity index (χ1) is 18.2. The molecule has 1 aliphatic rings. The molecule has 4 heterocycles. The monoisotopic (exact) mass is 516 g/mol. The molecular weight excluding hydrogens is 487 g/mol. The minimum absolute atomic E-state index is 0.0552. The molecule has 2 unspecified atom stereocenters. The Balaban J connectivity index is 1.40. The number of hydrogen-bond donors (Lipinski definition) is 2. The lowest BCUT2D eigenvalue weighted by Crippen LogP contribution is -2.45. The number of likely N-dealkylation sites (tertiary alicyclic amines) is 1. The predicted molar refractivity (Wildman–Crippen MR) is 140 cm³/mol. The number of hydrogen-bond acceptors (Lipinski definition) is 6. The van der Waals surface area contributed by atoms with E-state index >= 15 is 0 Å². The van der Waals surface area contributed by atoms with Gasteiger partial charge in [-0.15, -0.1) is 0 Å². The van der Waals surface area contributed by atoms with Gasteiger partial charge in [0, 0.05) is 59.3 Å². The largest absolute Gasteiger partial charge is 0.391 e. The van der Waals surface area contributed by atoms with E-state index in [4.69, 9.17) is 5.73 Å². The Kier molecular flexibility index (Phi) is 6.90. The molecule has 0 radical (unpaired) electrons. The number of aromatic nitrogens is 4. The van der Waals surface area contributed by atoms with E-state index in [2.05, 4.69) is 15.0 Å². The fourth-order valence-corrected chi connectivity index (χ4v) is 5.11. The molecule has 3 N–H and O–H groups in total. The molecule has 3 aromatic heterocycles. The number of aliphatic hydroxyl groups is 1. The van der Waals surface area contributed by atoms with Gasteiger partial charge in [-0.05, 0) is 43.7 Å². The van der Waals surface area contributed by atoms with E-state index in [-0.39, 0.29) is 37.4 Å². The summed E-state index contributed by atoms with van der Waals surface area (Å²) in [7, 11) is 0. The molecule has 9 nitrogen and oxygen atoms in total. The number of nitrogens with two attached hydrogens (primary N) is 1. The molecular formula is C28H29FN6O3. The molecule has 1 aliphatic heterocycles. The Morgan fingerprint density at radius 1 is 1.16 bits per heavy atom. The highest BCUT2D eigenvalue weighted by atomic mass is 19.1. The predicted octanol–water partition coefficient (Wildman–Crippen LogP) is 2.75. The van der Waals surface area contributed by atoms with Gasteiger partial charge in [-0.2, -0.15) is 0 Å². The molecule has 5 rings (SSSR count). The van der Waals surface area contributed by atoms with E-state index in [1.807, 2.05) is 37.3 Å². The first-order valence-corrected chi connectivity index (χ1v) is 12.5. The highest BCUT2D eigenvalue weighted by Gasteiger charge is 2.39. The van der Waals surface area contributed by atoms with Gasteiger partial charge in [0.25, 0.3) is 5.91 Å². The molecule has 0 aliphatic carbocycles. The molecule has 3 atom stereocenters. The van der Waals surface area contributed by atoms with Crippen LogP contribution in [0.2, 0.25) is 0 Å². The second-order valence-corrected chi connectivity index (χ2v) is 9.77. The SMILES string of the molecule is Cc1cccc(CC(O)C2C[C@@H](F)CN2C(=O)Cn2cc(C(N)=O)c3cc(-c4cnc(C)nc4)ccc32)n1. The van der Waals surface area contributed by atoms with E-state index in [0.29, 0.717) is 22.4 Å². The molecule has 0 spiro atoms. The summed E-state index contributed by atoms with van der Waals surface area (Å²) in [6.45, 7) is 3.43. The summed E-state index contributed by atoms with van der Waals surface area (Å²) in [6.07, 6.45) is 3.03. The summed E-state index contributed by atoms with van der Waals surface area (Å²) in [5.74, 6) is -0.328. The van der Waals surface area contributed by atoms with Crippen LogP contribution in [0.3, 0.4) is 0 Å². The van der Waals surface area contributed by atoms with Gasteiger partial charge < -0.3 is 20.3 Å².